The molecule has 1 unspecified atom stereocenters. The lowest BCUT2D eigenvalue weighted by molar-refractivity contribution is 0.0376. The average molecular weight is 348 g/mol. The van der Waals surface area contributed by atoms with Gasteiger partial charge in [0.15, 0.2) is 5.96 Å². The second-order valence-corrected chi connectivity index (χ2v) is 6.71. The van der Waals surface area contributed by atoms with E-state index in [0.29, 0.717) is 18.5 Å². The third-order valence-electron chi connectivity index (χ3n) is 4.61. The van der Waals surface area contributed by atoms with E-state index < -0.39 is 0 Å². The first-order valence-electron chi connectivity index (χ1n) is 9.23. The molecular weight excluding hydrogens is 314 g/mol. The fraction of sp³-hybridized carbons (Fsp3) is 0.632. The molecule has 0 aromatic heterocycles. The summed E-state index contributed by atoms with van der Waals surface area (Å²) in [5, 5.41) is 3.22. The predicted molar refractivity (Wildman–Crippen MR) is 104 cm³/mol. The first-order chi connectivity index (χ1) is 12.1. The van der Waals surface area contributed by atoms with Crippen molar-refractivity contribution in [3.05, 3.63) is 35.9 Å². The molecule has 1 aromatic rings. The molecule has 1 aromatic carbocycles. The summed E-state index contributed by atoms with van der Waals surface area (Å²) in [5.74, 6) is 0.543. The number of ether oxygens (including phenoxy) is 1. The first-order valence-corrected chi connectivity index (χ1v) is 9.23. The van der Waals surface area contributed by atoms with Crippen molar-refractivity contribution in [3.63, 3.8) is 0 Å². The minimum absolute atomic E-state index is 0.342. The lowest BCUT2D eigenvalue weighted by Gasteiger charge is -2.26. The Balaban J connectivity index is 1.60. The van der Waals surface area contributed by atoms with Gasteiger partial charge in [0, 0.05) is 32.2 Å². The highest BCUT2D eigenvalue weighted by molar-refractivity contribution is 5.77. The summed E-state index contributed by atoms with van der Waals surface area (Å²) in [7, 11) is 2.12. The van der Waals surface area contributed by atoms with Gasteiger partial charge >= 0.3 is 0 Å². The standard InChI is InChI=1S/C19H33N5O/c1-17(23(2)16-18-7-4-3-5-8-18)15-22-19(20)21-9-6-10-24-11-13-25-14-12-24/h3-5,7-8,17H,6,9-16H2,1-2H3,(H3,20,21,22). The summed E-state index contributed by atoms with van der Waals surface area (Å²) in [4.78, 5) is 9.21. The monoisotopic (exact) mass is 347 g/mol. The fourth-order valence-electron chi connectivity index (χ4n) is 2.80. The number of morpholine rings is 1. The third kappa shape index (κ3) is 7.86. The number of hydrogen-bond acceptors (Lipinski definition) is 4. The van der Waals surface area contributed by atoms with Crippen molar-refractivity contribution in [2.45, 2.75) is 25.9 Å². The smallest absolute Gasteiger partial charge is 0.188 e. The zero-order valence-corrected chi connectivity index (χ0v) is 15.7. The van der Waals surface area contributed by atoms with Gasteiger partial charge in [-0.15, -0.1) is 0 Å². The normalized spacial score (nSPS) is 17.6. The van der Waals surface area contributed by atoms with Crippen molar-refractivity contribution in [3.8, 4) is 0 Å². The molecule has 1 atom stereocenters. The topological polar surface area (TPSA) is 66.1 Å². The van der Waals surface area contributed by atoms with Crippen LogP contribution in [0.2, 0.25) is 0 Å². The number of likely N-dealkylation sites (N-methyl/N-ethyl adjacent to an activating group) is 1. The highest BCUT2D eigenvalue weighted by atomic mass is 16.5. The molecule has 25 heavy (non-hydrogen) atoms. The largest absolute Gasteiger partial charge is 0.379 e. The zero-order chi connectivity index (χ0) is 17.9. The number of rotatable bonds is 9. The van der Waals surface area contributed by atoms with Crippen LogP contribution in [0.3, 0.4) is 0 Å². The van der Waals surface area contributed by atoms with Gasteiger partial charge in [-0.2, -0.15) is 0 Å². The van der Waals surface area contributed by atoms with E-state index in [2.05, 4.69) is 58.3 Å². The Morgan fingerprint density at radius 2 is 2.04 bits per heavy atom. The molecule has 140 valence electrons. The Hall–Kier alpha value is -1.63. The number of nitrogens with zero attached hydrogens (tertiary/aromatic N) is 3. The molecule has 6 nitrogen and oxygen atoms in total. The second-order valence-electron chi connectivity index (χ2n) is 6.71. The van der Waals surface area contributed by atoms with Gasteiger partial charge in [-0.3, -0.25) is 14.8 Å². The molecule has 1 saturated heterocycles. The van der Waals surface area contributed by atoms with Gasteiger partial charge in [-0.1, -0.05) is 30.3 Å². The van der Waals surface area contributed by atoms with Crippen molar-refractivity contribution in [2.75, 3.05) is 53.0 Å². The minimum Gasteiger partial charge on any atom is -0.379 e. The lowest BCUT2D eigenvalue weighted by atomic mass is 10.2. The number of nitrogens with one attached hydrogen (secondary N) is 1. The van der Waals surface area contributed by atoms with Gasteiger partial charge in [0.1, 0.15) is 0 Å². The number of guanidine groups is 1. The van der Waals surface area contributed by atoms with Crippen LogP contribution in [0.5, 0.6) is 0 Å². The van der Waals surface area contributed by atoms with Gasteiger partial charge in [0.05, 0.1) is 19.8 Å². The number of benzene rings is 1. The van der Waals surface area contributed by atoms with Crippen LogP contribution in [0.4, 0.5) is 0 Å². The molecule has 0 bridgehead atoms. The van der Waals surface area contributed by atoms with Crippen molar-refractivity contribution in [1.82, 2.24) is 15.1 Å². The van der Waals surface area contributed by atoms with Gasteiger partial charge in [0.25, 0.3) is 0 Å². The molecule has 0 saturated carbocycles. The maximum absolute atomic E-state index is 5.98. The van der Waals surface area contributed by atoms with E-state index in [1.54, 1.807) is 0 Å². The summed E-state index contributed by atoms with van der Waals surface area (Å²) in [6.45, 7) is 9.52. The highest BCUT2D eigenvalue weighted by Gasteiger charge is 2.10. The van der Waals surface area contributed by atoms with Crippen molar-refractivity contribution in [2.24, 2.45) is 10.7 Å². The van der Waals surface area contributed by atoms with Gasteiger partial charge in [0.2, 0.25) is 0 Å². The maximum Gasteiger partial charge on any atom is 0.188 e. The lowest BCUT2D eigenvalue weighted by Crippen LogP contribution is -2.39. The number of hydrogen-bond donors (Lipinski definition) is 2. The quantitative estimate of drug-likeness (QED) is 0.398. The molecule has 1 aliphatic heterocycles. The molecule has 0 aliphatic carbocycles. The zero-order valence-electron chi connectivity index (χ0n) is 15.7. The van der Waals surface area contributed by atoms with Gasteiger partial charge in [-0.05, 0) is 32.5 Å². The molecule has 1 aliphatic rings. The molecule has 2 rings (SSSR count). The van der Waals surface area contributed by atoms with E-state index in [9.17, 15) is 0 Å². The summed E-state index contributed by atoms with van der Waals surface area (Å²) >= 11 is 0. The SMILES string of the molecule is CC(CN=C(N)NCCCN1CCOCC1)N(C)Cc1ccccc1. The van der Waals surface area contributed by atoms with Crippen LogP contribution >= 0.6 is 0 Å². The van der Waals surface area contributed by atoms with E-state index >= 15 is 0 Å². The van der Waals surface area contributed by atoms with E-state index in [0.717, 1.165) is 52.4 Å². The summed E-state index contributed by atoms with van der Waals surface area (Å²) in [5.41, 5.74) is 7.30. The summed E-state index contributed by atoms with van der Waals surface area (Å²) in [6.07, 6.45) is 1.07. The number of aliphatic imine (C=N–C) groups is 1. The second kappa shape index (κ2) is 11.1. The van der Waals surface area contributed by atoms with Crippen LogP contribution in [0.1, 0.15) is 18.9 Å². The van der Waals surface area contributed by atoms with Crippen LogP contribution < -0.4 is 11.1 Å². The van der Waals surface area contributed by atoms with Gasteiger partial charge in [-0.25, -0.2) is 0 Å². The van der Waals surface area contributed by atoms with Crippen LogP contribution in [-0.2, 0) is 11.3 Å². The molecule has 3 N–H and O–H groups in total. The first kappa shape index (κ1) is 19.7. The Morgan fingerprint density at radius 3 is 2.76 bits per heavy atom. The van der Waals surface area contributed by atoms with Crippen LogP contribution in [0.25, 0.3) is 0 Å². The van der Waals surface area contributed by atoms with Crippen molar-refractivity contribution in [1.29, 1.82) is 0 Å². The Kier molecular flexibility index (Phi) is 8.72. The third-order valence-corrected chi connectivity index (χ3v) is 4.61. The van der Waals surface area contributed by atoms with E-state index in [1.807, 2.05) is 6.07 Å². The molecular formula is C19H33N5O. The van der Waals surface area contributed by atoms with Crippen LogP contribution in [-0.4, -0.2) is 74.8 Å². The van der Waals surface area contributed by atoms with Crippen molar-refractivity contribution < 1.29 is 4.74 Å². The Morgan fingerprint density at radius 1 is 1.32 bits per heavy atom. The molecule has 6 heteroatoms. The number of nitrogens with two attached hydrogens (primary N) is 1. The summed E-state index contributed by atoms with van der Waals surface area (Å²) in [6, 6.07) is 10.8. The molecule has 0 amide bonds. The van der Waals surface area contributed by atoms with Crippen LogP contribution in [0.15, 0.2) is 35.3 Å². The molecule has 0 spiro atoms. The van der Waals surface area contributed by atoms with Crippen molar-refractivity contribution >= 4 is 5.96 Å². The average Bonchev–Trinajstić information content (AvgIpc) is 2.65. The Bertz CT molecular complexity index is 502. The fourth-order valence-corrected chi connectivity index (χ4v) is 2.80. The van der Waals surface area contributed by atoms with E-state index in [-0.39, 0.29) is 0 Å². The molecule has 0 radical (unpaired) electrons. The van der Waals surface area contributed by atoms with E-state index in [4.69, 9.17) is 10.5 Å². The summed E-state index contributed by atoms with van der Waals surface area (Å²) < 4.78 is 5.35. The molecule has 1 fully saturated rings. The minimum atomic E-state index is 0.342. The van der Waals surface area contributed by atoms with E-state index in [1.165, 1.54) is 5.56 Å². The molecule has 1 heterocycles. The highest BCUT2D eigenvalue weighted by Crippen LogP contribution is 2.06. The predicted octanol–water partition coefficient (Wildman–Crippen LogP) is 1.13. The maximum atomic E-state index is 5.98. The van der Waals surface area contributed by atoms with Gasteiger partial charge < -0.3 is 15.8 Å². The van der Waals surface area contributed by atoms with Crippen LogP contribution in [0, 0.1) is 0 Å². The Labute approximate surface area is 152 Å².